The lowest BCUT2D eigenvalue weighted by Crippen LogP contribution is -2.16. The molecule has 0 saturated carbocycles. The van der Waals surface area contributed by atoms with Crippen LogP contribution in [0.1, 0.15) is 6.42 Å². The van der Waals surface area contributed by atoms with Gasteiger partial charge in [-0.05, 0) is 24.3 Å². The van der Waals surface area contributed by atoms with Gasteiger partial charge in [0, 0.05) is 17.1 Å². The van der Waals surface area contributed by atoms with Crippen LogP contribution < -0.4 is 4.80 Å². The first-order chi connectivity index (χ1) is 12.2. The zero-order valence-corrected chi connectivity index (χ0v) is 15.7. The first kappa shape index (κ1) is 17.8. The summed E-state index contributed by atoms with van der Waals surface area (Å²) in [4.78, 5) is 18.2. The number of thiazole rings is 1. The predicted molar refractivity (Wildman–Crippen MR) is 106 cm³/mol. The van der Waals surface area contributed by atoms with E-state index in [1.165, 1.54) is 11.3 Å². The third kappa shape index (κ3) is 4.35. The molecule has 3 rings (SSSR count). The number of hydrogen-bond donors (Lipinski definition) is 0. The Hall–Kier alpha value is -2.00. The van der Waals surface area contributed by atoms with Crippen molar-refractivity contribution in [3.63, 3.8) is 0 Å². The lowest BCUT2D eigenvalue weighted by Gasteiger charge is -2.01. The van der Waals surface area contributed by atoms with Gasteiger partial charge in [-0.25, -0.2) is 0 Å². The third-order valence-electron chi connectivity index (χ3n) is 3.45. The van der Waals surface area contributed by atoms with Crippen molar-refractivity contribution in [2.45, 2.75) is 17.9 Å². The van der Waals surface area contributed by atoms with Gasteiger partial charge in [-0.2, -0.15) is 4.99 Å². The van der Waals surface area contributed by atoms with E-state index in [9.17, 15) is 4.79 Å². The largest absolute Gasteiger partial charge is 0.303 e. The fraction of sp³-hybridized carbons (Fsp3) is 0.158. The number of nitrogens with zero attached hydrogens (tertiary/aromatic N) is 2. The summed E-state index contributed by atoms with van der Waals surface area (Å²) in [6.07, 6.45) is 5.84. The van der Waals surface area contributed by atoms with Crippen molar-refractivity contribution in [1.29, 1.82) is 0 Å². The van der Waals surface area contributed by atoms with E-state index in [1.807, 2.05) is 53.1 Å². The smallest absolute Gasteiger partial charge is 0.249 e. The van der Waals surface area contributed by atoms with Crippen molar-refractivity contribution < 1.29 is 4.79 Å². The predicted octanol–water partition coefficient (Wildman–Crippen LogP) is 4.60. The van der Waals surface area contributed by atoms with Crippen LogP contribution in [0.5, 0.6) is 0 Å². The molecule has 0 aliphatic carbocycles. The highest BCUT2D eigenvalue weighted by atomic mass is 35.5. The average molecular weight is 387 g/mol. The molecule has 3 nitrogen and oxygen atoms in total. The highest BCUT2D eigenvalue weighted by Crippen LogP contribution is 2.25. The quantitative estimate of drug-likeness (QED) is 0.474. The van der Waals surface area contributed by atoms with E-state index < -0.39 is 0 Å². The number of rotatable bonds is 5. The molecule has 0 atom stereocenters. The molecule has 3 aromatic rings. The van der Waals surface area contributed by atoms with Crippen LogP contribution in [0.25, 0.3) is 10.2 Å². The number of carbonyl (C=O) groups is 1. The maximum Gasteiger partial charge on any atom is 0.249 e. The number of fused-ring (bicyclic) bond motifs is 1. The van der Waals surface area contributed by atoms with Gasteiger partial charge in [0.15, 0.2) is 4.80 Å². The van der Waals surface area contributed by atoms with Crippen LogP contribution in [-0.4, -0.2) is 16.2 Å². The van der Waals surface area contributed by atoms with Crippen molar-refractivity contribution in [2.24, 2.45) is 4.99 Å². The summed E-state index contributed by atoms with van der Waals surface area (Å²) in [5.41, 5.74) is 0.831. The summed E-state index contributed by atoms with van der Waals surface area (Å²) in [7, 11) is 0. The summed E-state index contributed by atoms with van der Waals surface area (Å²) in [5, 5.41) is 0.609. The second-order valence-corrected chi connectivity index (χ2v) is 7.76. The van der Waals surface area contributed by atoms with Gasteiger partial charge in [0.2, 0.25) is 5.91 Å². The van der Waals surface area contributed by atoms with Gasteiger partial charge >= 0.3 is 0 Å². The third-order valence-corrected chi connectivity index (χ3v) is 5.81. The van der Waals surface area contributed by atoms with Gasteiger partial charge in [0.1, 0.15) is 0 Å². The zero-order valence-electron chi connectivity index (χ0n) is 13.3. The molecule has 0 saturated heterocycles. The van der Waals surface area contributed by atoms with Crippen LogP contribution in [-0.2, 0) is 11.3 Å². The fourth-order valence-electron chi connectivity index (χ4n) is 2.35. The van der Waals surface area contributed by atoms with Crippen LogP contribution in [0.3, 0.4) is 0 Å². The Morgan fingerprint density at radius 3 is 2.80 bits per heavy atom. The maximum absolute atomic E-state index is 12.2. The summed E-state index contributed by atoms with van der Waals surface area (Å²) in [5.74, 6) is 3.14. The molecule has 0 fully saturated rings. The molecular weight excluding hydrogens is 372 g/mol. The molecule has 1 heterocycles. The summed E-state index contributed by atoms with van der Waals surface area (Å²) in [6.45, 7) is 0.328. The van der Waals surface area contributed by atoms with Crippen LogP contribution in [0, 0.1) is 12.3 Å². The van der Waals surface area contributed by atoms with Gasteiger partial charge in [0.05, 0.1) is 21.8 Å². The molecule has 0 spiro atoms. The summed E-state index contributed by atoms with van der Waals surface area (Å²) >= 11 is 9.35. The van der Waals surface area contributed by atoms with E-state index in [0.29, 0.717) is 28.5 Å². The van der Waals surface area contributed by atoms with E-state index in [1.54, 1.807) is 11.8 Å². The molecular formula is C19H15ClN2OS2. The molecule has 126 valence electrons. The molecule has 0 radical (unpaired) electrons. The van der Waals surface area contributed by atoms with Crippen molar-refractivity contribution in [3.05, 3.63) is 58.4 Å². The van der Waals surface area contributed by atoms with E-state index in [0.717, 1.165) is 15.1 Å². The molecule has 0 bridgehead atoms. The van der Waals surface area contributed by atoms with Gasteiger partial charge in [0.25, 0.3) is 0 Å². The lowest BCUT2D eigenvalue weighted by molar-refractivity contribution is -0.117. The van der Waals surface area contributed by atoms with Gasteiger partial charge in [-0.15, -0.1) is 18.2 Å². The van der Waals surface area contributed by atoms with E-state index in [2.05, 4.69) is 10.9 Å². The Balaban J connectivity index is 1.80. The number of halogens is 1. The molecule has 0 aliphatic heterocycles. The van der Waals surface area contributed by atoms with Gasteiger partial charge < -0.3 is 4.57 Å². The van der Waals surface area contributed by atoms with Crippen LogP contribution in [0.15, 0.2) is 58.4 Å². The second-order valence-electron chi connectivity index (χ2n) is 5.18. The summed E-state index contributed by atoms with van der Waals surface area (Å²) < 4.78 is 2.79. The molecule has 25 heavy (non-hydrogen) atoms. The fourth-order valence-corrected chi connectivity index (χ4v) is 4.61. The number of para-hydroxylation sites is 1. The molecule has 0 unspecified atom stereocenters. The van der Waals surface area contributed by atoms with Crippen LogP contribution >= 0.6 is 34.7 Å². The maximum atomic E-state index is 12.2. The number of hydrogen-bond acceptors (Lipinski definition) is 3. The minimum Gasteiger partial charge on any atom is -0.303 e. The molecule has 2 aromatic carbocycles. The minimum absolute atomic E-state index is 0.156. The normalized spacial score (nSPS) is 11.6. The number of benzene rings is 2. The monoisotopic (exact) mass is 386 g/mol. The number of thioether (sulfide) groups is 1. The Kier molecular flexibility index (Phi) is 5.98. The Morgan fingerprint density at radius 1 is 1.24 bits per heavy atom. The van der Waals surface area contributed by atoms with Crippen molar-refractivity contribution in [1.82, 2.24) is 4.57 Å². The molecule has 0 aliphatic rings. The molecule has 6 heteroatoms. The summed E-state index contributed by atoms with van der Waals surface area (Å²) in [6, 6.07) is 15.6. The number of amides is 1. The number of aromatic nitrogens is 1. The average Bonchev–Trinajstić information content (AvgIpc) is 2.95. The topological polar surface area (TPSA) is 34.4 Å². The highest BCUT2D eigenvalue weighted by molar-refractivity contribution is 7.99. The number of carbonyl (C=O) groups excluding carboxylic acids is 1. The van der Waals surface area contributed by atoms with Gasteiger partial charge in [-0.3, -0.25) is 4.79 Å². The van der Waals surface area contributed by atoms with Gasteiger partial charge in [-0.1, -0.05) is 53.1 Å². The lowest BCUT2D eigenvalue weighted by atomic mass is 10.3. The van der Waals surface area contributed by atoms with Crippen LogP contribution in [0.2, 0.25) is 5.02 Å². The van der Waals surface area contributed by atoms with Crippen LogP contribution in [0.4, 0.5) is 0 Å². The van der Waals surface area contributed by atoms with Crippen molar-refractivity contribution in [2.75, 3.05) is 5.75 Å². The Morgan fingerprint density at radius 2 is 2.04 bits per heavy atom. The van der Waals surface area contributed by atoms with Crippen molar-refractivity contribution in [3.8, 4) is 12.3 Å². The SMILES string of the molecule is C#CCn1c(=NC(=O)CCSc2ccccc2)sc2cccc(Cl)c21. The first-order valence-corrected chi connectivity index (χ1v) is 9.84. The molecule has 1 aromatic heterocycles. The standard InChI is InChI=1S/C19H15ClN2OS2/c1-2-12-22-18-15(20)9-6-10-16(18)25-19(22)21-17(23)11-13-24-14-7-4-3-5-8-14/h1,3-10H,11-13H2. The van der Waals surface area contributed by atoms with E-state index in [-0.39, 0.29) is 5.91 Å². The molecule has 0 N–H and O–H groups in total. The minimum atomic E-state index is -0.156. The second kappa shape index (κ2) is 8.39. The zero-order chi connectivity index (χ0) is 17.6. The number of terminal acetylenes is 1. The van der Waals surface area contributed by atoms with Crippen molar-refractivity contribution >= 4 is 50.8 Å². The Labute approximate surface area is 159 Å². The van der Waals surface area contributed by atoms with E-state index >= 15 is 0 Å². The highest BCUT2D eigenvalue weighted by Gasteiger charge is 2.10. The molecule has 1 amide bonds. The first-order valence-electron chi connectivity index (χ1n) is 7.66. The van der Waals surface area contributed by atoms with E-state index in [4.69, 9.17) is 18.0 Å². The Bertz CT molecular complexity index is 1000.